The Morgan fingerprint density at radius 2 is 1.88 bits per heavy atom. The van der Waals surface area contributed by atoms with Gasteiger partial charge in [0.15, 0.2) is 0 Å². The van der Waals surface area contributed by atoms with Crippen LogP contribution in [0.1, 0.15) is 29.8 Å². The summed E-state index contributed by atoms with van der Waals surface area (Å²) in [6, 6.07) is 4.00. The standard InChI is InChI=1S/C17H21N5O3/c1-20-14-12(15(23)21(2)17(20)25)5-6-13(19-14)16(24)22-8-7-10-3-4-11(9-22)18-10/h5-6,10-11,18H,3-4,7-9H2,1-2H3. The first-order chi connectivity index (χ1) is 12.0. The zero-order chi connectivity index (χ0) is 17.7. The number of hydrogen-bond acceptors (Lipinski definition) is 5. The van der Waals surface area contributed by atoms with Crippen LogP contribution in [0.2, 0.25) is 0 Å². The molecule has 4 rings (SSSR count). The molecule has 4 heterocycles. The zero-order valence-corrected chi connectivity index (χ0v) is 14.4. The van der Waals surface area contributed by atoms with Crippen LogP contribution in [0.4, 0.5) is 0 Å². The summed E-state index contributed by atoms with van der Waals surface area (Å²) in [5.74, 6) is -0.149. The summed E-state index contributed by atoms with van der Waals surface area (Å²) >= 11 is 0. The van der Waals surface area contributed by atoms with E-state index in [0.717, 1.165) is 17.4 Å². The predicted molar refractivity (Wildman–Crippen MR) is 92.7 cm³/mol. The van der Waals surface area contributed by atoms with Gasteiger partial charge >= 0.3 is 5.69 Å². The molecule has 0 saturated carbocycles. The molecule has 0 radical (unpaired) electrons. The first-order valence-electron chi connectivity index (χ1n) is 8.58. The van der Waals surface area contributed by atoms with Crippen molar-refractivity contribution in [3.63, 3.8) is 0 Å². The Bertz CT molecular complexity index is 977. The van der Waals surface area contributed by atoms with E-state index in [1.54, 1.807) is 19.2 Å². The van der Waals surface area contributed by atoms with Crippen molar-refractivity contribution in [3.05, 3.63) is 38.7 Å². The van der Waals surface area contributed by atoms with E-state index in [4.69, 9.17) is 0 Å². The average molecular weight is 343 g/mol. The number of likely N-dealkylation sites (tertiary alicyclic amines) is 1. The second-order valence-electron chi connectivity index (χ2n) is 6.95. The fraction of sp³-hybridized carbons (Fsp3) is 0.529. The Hall–Kier alpha value is -2.48. The molecule has 1 N–H and O–H groups in total. The van der Waals surface area contributed by atoms with Gasteiger partial charge in [0.2, 0.25) is 0 Å². The summed E-state index contributed by atoms with van der Waals surface area (Å²) in [4.78, 5) is 43.4. The van der Waals surface area contributed by atoms with Gasteiger partial charge < -0.3 is 10.2 Å². The van der Waals surface area contributed by atoms with Gasteiger partial charge in [0.05, 0.1) is 5.39 Å². The average Bonchev–Trinajstić information content (AvgIpc) is 2.96. The lowest BCUT2D eigenvalue weighted by Crippen LogP contribution is -2.40. The molecule has 2 fully saturated rings. The van der Waals surface area contributed by atoms with Crippen LogP contribution in [0.25, 0.3) is 11.0 Å². The van der Waals surface area contributed by atoms with E-state index in [1.807, 2.05) is 4.90 Å². The van der Waals surface area contributed by atoms with E-state index in [-0.39, 0.29) is 17.2 Å². The SMILES string of the molecule is Cn1c(=O)c2ccc(C(=O)N3CCC4CCC(C3)N4)nc2n(C)c1=O. The van der Waals surface area contributed by atoms with Crippen molar-refractivity contribution in [1.29, 1.82) is 0 Å². The topological polar surface area (TPSA) is 89.2 Å². The van der Waals surface area contributed by atoms with Crippen molar-refractivity contribution in [1.82, 2.24) is 24.3 Å². The van der Waals surface area contributed by atoms with Crippen molar-refractivity contribution >= 4 is 16.9 Å². The Labute approximate surface area is 144 Å². The van der Waals surface area contributed by atoms with Gasteiger partial charge in [0.1, 0.15) is 11.3 Å². The number of carbonyl (C=O) groups excluding carboxylic acids is 1. The molecule has 0 spiro atoms. The molecular formula is C17H21N5O3. The van der Waals surface area contributed by atoms with Gasteiger partial charge in [-0.25, -0.2) is 9.78 Å². The monoisotopic (exact) mass is 343 g/mol. The van der Waals surface area contributed by atoms with E-state index in [2.05, 4.69) is 10.3 Å². The maximum absolute atomic E-state index is 12.9. The molecule has 8 heteroatoms. The van der Waals surface area contributed by atoms with E-state index >= 15 is 0 Å². The number of aromatic nitrogens is 3. The third-order valence-corrected chi connectivity index (χ3v) is 5.33. The van der Waals surface area contributed by atoms with E-state index < -0.39 is 11.2 Å². The molecule has 2 atom stereocenters. The molecule has 2 unspecified atom stereocenters. The molecule has 2 aliphatic rings. The minimum absolute atomic E-state index is 0.149. The maximum Gasteiger partial charge on any atom is 0.332 e. The quantitative estimate of drug-likeness (QED) is 0.761. The molecule has 1 amide bonds. The lowest BCUT2D eigenvalue weighted by Gasteiger charge is -2.24. The molecule has 0 aromatic carbocycles. The number of carbonyl (C=O) groups is 1. The number of hydrogen-bond donors (Lipinski definition) is 1. The largest absolute Gasteiger partial charge is 0.336 e. The molecule has 8 nitrogen and oxygen atoms in total. The summed E-state index contributed by atoms with van der Waals surface area (Å²) < 4.78 is 2.35. The summed E-state index contributed by atoms with van der Waals surface area (Å²) in [7, 11) is 2.99. The minimum atomic E-state index is -0.453. The van der Waals surface area contributed by atoms with E-state index in [0.29, 0.717) is 30.6 Å². The zero-order valence-electron chi connectivity index (χ0n) is 14.4. The van der Waals surface area contributed by atoms with Crippen LogP contribution >= 0.6 is 0 Å². The normalized spacial score (nSPS) is 23.0. The Morgan fingerprint density at radius 3 is 2.68 bits per heavy atom. The molecular weight excluding hydrogens is 322 g/mol. The first kappa shape index (κ1) is 16.0. The Kier molecular flexibility index (Phi) is 3.72. The van der Waals surface area contributed by atoms with Crippen molar-refractivity contribution in [3.8, 4) is 0 Å². The Morgan fingerprint density at radius 1 is 1.12 bits per heavy atom. The number of nitrogens with zero attached hydrogens (tertiary/aromatic N) is 4. The minimum Gasteiger partial charge on any atom is -0.336 e. The third kappa shape index (κ3) is 2.57. The summed E-state index contributed by atoms with van der Waals surface area (Å²) in [5.41, 5.74) is -0.339. The molecule has 132 valence electrons. The van der Waals surface area contributed by atoms with Gasteiger partial charge in [0.25, 0.3) is 11.5 Å². The lowest BCUT2D eigenvalue weighted by atomic mass is 10.1. The van der Waals surface area contributed by atoms with Crippen molar-refractivity contribution < 1.29 is 4.79 Å². The predicted octanol–water partition coefficient (Wildman–Crippen LogP) is -0.401. The molecule has 2 saturated heterocycles. The van der Waals surface area contributed by atoms with Crippen LogP contribution in [0, 0.1) is 0 Å². The summed E-state index contributed by atoms with van der Waals surface area (Å²) in [6.07, 6.45) is 3.20. The van der Waals surface area contributed by atoms with Crippen molar-refractivity contribution in [2.75, 3.05) is 13.1 Å². The fourth-order valence-corrected chi connectivity index (χ4v) is 3.86. The van der Waals surface area contributed by atoms with Gasteiger partial charge in [-0.05, 0) is 31.4 Å². The van der Waals surface area contributed by atoms with Crippen molar-refractivity contribution in [2.45, 2.75) is 31.3 Å². The maximum atomic E-state index is 12.9. The van der Waals surface area contributed by atoms with Gasteiger partial charge in [-0.15, -0.1) is 0 Å². The lowest BCUT2D eigenvalue weighted by molar-refractivity contribution is 0.0742. The number of nitrogens with one attached hydrogen (secondary N) is 1. The smallest absolute Gasteiger partial charge is 0.332 e. The number of aryl methyl sites for hydroxylation is 1. The first-order valence-corrected chi connectivity index (χ1v) is 8.58. The van der Waals surface area contributed by atoms with Crippen LogP contribution in [0.15, 0.2) is 21.7 Å². The summed E-state index contributed by atoms with van der Waals surface area (Å²) in [5, 5.41) is 3.88. The Balaban J connectivity index is 1.73. The second-order valence-corrected chi connectivity index (χ2v) is 6.95. The summed E-state index contributed by atoms with van der Waals surface area (Å²) in [6.45, 7) is 1.37. The second kappa shape index (κ2) is 5.80. The molecule has 0 aliphatic carbocycles. The van der Waals surface area contributed by atoms with E-state index in [9.17, 15) is 14.4 Å². The molecule has 2 aromatic rings. The molecule has 2 aromatic heterocycles. The highest BCUT2D eigenvalue weighted by Crippen LogP contribution is 2.21. The molecule has 2 aliphatic heterocycles. The van der Waals surface area contributed by atoms with Crippen molar-refractivity contribution in [2.24, 2.45) is 14.1 Å². The molecule has 25 heavy (non-hydrogen) atoms. The van der Waals surface area contributed by atoms with Crippen LogP contribution in [-0.4, -0.2) is 50.1 Å². The molecule has 2 bridgehead atoms. The van der Waals surface area contributed by atoms with Gasteiger partial charge in [-0.2, -0.15) is 0 Å². The highest BCUT2D eigenvalue weighted by molar-refractivity contribution is 5.94. The fourth-order valence-electron chi connectivity index (χ4n) is 3.86. The van der Waals surface area contributed by atoms with Crippen LogP contribution in [0.3, 0.4) is 0 Å². The number of fused-ring (bicyclic) bond motifs is 3. The number of rotatable bonds is 1. The van der Waals surface area contributed by atoms with Crippen LogP contribution < -0.4 is 16.6 Å². The highest BCUT2D eigenvalue weighted by atomic mass is 16.2. The van der Waals surface area contributed by atoms with Gasteiger partial charge in [0, 0.05) is 39.3 Å². The van der Waals surface area contributed by atoms with Crippen LogP contribution in [0.5, 0.6) is 0 Å². The number of amides is 1. The van der Waals surface area contributed by atoms with Gasteiger partial charge in [-0.1, -0.05) is 0 Å². The third-order valence-electron chi connectivity index (χ3n) is 5.33. The number of pyridine rings is 1. The van der Waals surface area contributed by atoms with Crippen LogP contribution in [-0.2, 0) is 14.1 Å². The highest BCUT2D eigenvalue weighted by Gasteiger charge is 2.32. The van der Waals surface area contributed by atoms with Gasteiger partial charge in [-0.3, -0.25) is 18.7 Å². The van der Waals surface area contributed by atoms with E-state index in [1.165, 1.54) is 18.0 Å².